The highest BCUT2D eigenvalue weighted by Crippen LogP contribution is 2.42. The standard InChI is InChI=1S/C9H7Cl2F6NO3S2/c10-3-1-5(22-7(3)11)23(20,21)18-4(2-19)6(8(12,13)14)9(15,16)17/h1,4,6,18-19H,2H2. The minimum absolute atomic E-state index is 0.212. The molecule has 4 nitrogen and oxygen atoms in total. The Kier molecular flexibility index (Phi) is 6.25. The Morgan fingerprint density at radius 2 is 1.65 bits per heavy atom. The van der Waals surface area contributed by atoms with Crippen molar-refractivity contribution in [2.75, 3.05) is 6.61 Å². The Labute approximate surface area is 140 Å². The molecule has 1 aromatic rings. The first-order valence-electron chi connectivity index (χ1n) is 5.41. The van der Waals surface area contributed by atoms with Gasteiger partial charge in [-0.15, -0.1) is 11.3 Å². The zero-order valence-corrected chi connectivity index (χ0v) is 13.7. The summed E-state index contributed by atoms with van der Waals surface area (Å²) < 4.78 is 99.6. The molecular formula is C9H7Cl2F6NO3S2. The Bertz CT molecular complexity index is 624. The molecule has 1 aromatic heterocycles. The predicted molar refractivity (Wildman–Crippen MR) is 71.1 cm³/mol. The van der Waals surface area contributed by atoms with E-state index >= 15 is 0 Å². The third-order valence-electron chi connectivity index (χ3n) is 2.50. The summed E-state index contributed by atoms with van der Waals surface area (Å²) in [6.07, 6.45) is -11.6. The lowest BCUT2D eigenvalue weighted by molar-refractivity contribution is -0.292. The molecule has 0 aliphatic rings. The van der Waals surface area contributed by atoms with Crippen LogP contribution in [0, 0.1) is 5.92 Å². The molecule has 14 heteroatoms. The summed E-state index contributed by atoms with van der Waals surface area (Å²) in [5.41, 5.74) is 0. The number of thiophene rings is 1. The van der Waals surface area contributed by atoms with Crippen LogP contribution in [0.4, 0.5) is 26.3 Å². The first kappa shape index (κ1) is 20.8. The third kappa shape index (κ3) is 5.10. The zero-order valence-electron chi connectivity index (χ0n) is 10.5. The van der Waals surface area contributed by atoms with E-state index in [0.29, 0.717) is 11.3 Å². The number of aliphatic hydroxyl groups is 1. The molecule has 1 rings (SSSR count). The number of hydrogen-bond acceptors (Lipinski definition) is 4. The van der Waals surface area contributed by atoms with Crippen molar-refractivity contribution in [2.45, 2.75) is 22.6 Å². The first-order valence-corrected chi connectivity index (χ1v) is 8.47. The van der Waals surface area contributed by atoms with Gasteiger partial charge >= 0.3 is 12.4 Å². The molecule has 0 amide bonds. The Hall–Kier alpha value is -0.270. The van der Waals surface area contributed by atoms with E-state index < -0.39 is 45.2 Å². The van der Waals surface area contributed by atoms with Crippen molar-refractivity contribution < 1.29 is 39.9 Å². The topological polar surface area (TPSA) is 66.4 Å². The molecule has 23 heavy (non-hydrogen) atoms. The van der Waals surface area contributed by atoms with Gasteiger partial charge in [0.25, 0.3) is 10.0 Å². The Balaban J connectivity index is 3.20. The van der Waals surface area contributed by atoms with Crippen LogP contribution in [0.15, 0.2) is 10.3 Å². The van der Waals surface area contributed by atoms with Crippen molar-refractivity contribution in [3.8, 4) is 0 Å². The molecule has 0 aliphatic heterocycles. The molecule has 134 valence electrons. The third-order valence-corrected chi connectivity index (χ3v) is 6.33. The molecule has 1 unspecified atom stereocenters. The Morgan fingerprint density at radius 3 is 1.96 bits per heavy atom. The number of hydrogen-bond donors (Lipinski definition) is 2. The summed E-state index contributed by atoms with van der Waals surface area (Å²) >= 11 is 11.3. The second kappa shape index (κ2) is 6.92. The highest BCUT2D eigenvalue weighted by atomic mass is 35.5. The predicted octanol–water partition coefficient (Wildman–Crippen LogP) is 3.43. The fourth-order valence-corrected chi connectivity index (χ4v) is 4.71. The van der Waals surface area contributed by atoms with E-state index in [4.69, 9.17) is 28.3 Å². The summed E-state index contributed by atoms with van der Waals surface area (Å²) in [6, 6.07) is -2.10. The van der Waals surface area contributed by atoms with Gasteiger partial charge in [-0.3, -0.25) is 0 Å². The molecule has 1 heterocycles. The van der Waals surface area contributed by atoms with E-state index in [-0.39, 0.29) is 9.36 Å². The van der Waals surface area contributed by atoms with E-state index in [0.717, 1.165) is 6.07 Å². The van der Waals surface area contributed by atoms with Gasteiger partial charge in [0.15, 0.2) is 5.92 Å². The van der Waals surface area contributed by atoms with Crippen LogP contribution in [0.5, 0.6) is 0 Å². The van der Waals surface area contributed by atoms with Crippen molar-refractivity contribution in [3.63, 3.8) is 0 Å². The van der Waals surface area contributed by atoms with Gasteiger partial charge in [-0.2, -0.15) is 26.3 Å². The van der Waals surface area contributed by atoms with Crippen molar-refractivity contribution in [1.29, 1.82) is 0 Å². The second-order valence-corrected chi connectivity index (χ2v) is 8.16. The summed E-state index contributed by atoms with van der Waals surface area (Å²) in [4.78, 5) is 0. The number of alkyl halides is 6. The van der Waals surface area contributed by atoms with Crippen LogP contribution in [-0.2, 0) is 10.0 Å². The van der Waals surface area contributed by atoms with Crippen molar-refractivity contribution in [2.24, 2.45) is 5.92 Å². The highest BCUT2D eigenvalue weighted by Gasteiger charge is 2.60. The lowest BCUT2D eigenvalue weighted by Crippen LogP contribution is -2.54. The van der Waals surface area contributed by atoms with Gasteiger partial charge < -0.3 is 5.11 Å². The van der Waals surface area contributed by atoms with Crippen LogP contribution in [-0.4, -0.2) is 38.5 Å². The summed E-state index contributed by atoms with van der Waals surface area (Å²) in [5.74, 6) is -4.08. The minimum atomic E-state index is -5.82. The molecule has 1 atom stereocenters. The molecule has 2 N–H and O–H groups in total. The van der Waals surface area contributed by atoms with Gasteiger partial charge in [0.05, 0.1) is 17.7 Å². The van der Waals surface area contributed by atoms with Crippen molar-refractivity contribution in [3.05, 3.63) is 15.4 Å². The quantitative estimate of drug-likeness (QED) is 0.710. The average Bonchev–Trinajstić information content (AvgIpc) is 2.65. The zero-order chi connectivity index (χ0) is 18.2. The van der Waals surface area contributed by atoms with Crippen LogP contribution in [0.3, 0.4) is 0 Å². The van der Waals surface area contributed by atoms with E-state index in [1.54, 1.807) is 0 Å². The maximum Gasteiger partial charge on any atom is 0.402 e. The molecule has 0 aromatic carbocycles. The number of halogens is 8. The molecule has 0 radical (unpaired) electrons. The van der Waals surface area contributed by atoms with E-state index in [1.165, 1.54) is 4.72 Å². The van der Waals surface area contributed by atoms with Gasteiger partial charge in [0.1, 0.15) is 8.55 Å². The molecule has 0 saturated heterocycles. The van der Waals surface area contributed by atoms with E-state index in [2.05, 4.69) is 0 Å². The Morgan fingerprint density at radius 1 is 1.17 bits per heavy atom. The van der Waals surface area contributed by atoms with E-state index in [1.807, 2.05) is 0 Å². The number of aliphatic hydroxyl groups excluding tert-OH is 1. The molecule has 0 saturated carbocycles. The minimum Gasteiger partial charge on any atom is -0.395 e. The number of sulfonamides is 1. The van der Waals surface area contributed by atoms with Gasteiger partial charge in [0, 0.05) is 0 Å². The largest absolute Gasteiger partial charge is 0.402 e. The van der Waals surface area contributed by atoms with Crippen LogP contribution in [0.1, 0.15) is 0 Å². The lowest BCUT2D eigenvalue weighted by atomic mass is 10.00. The highest BCUT2D eigenvalue weighted by molar-refractivity contribution is 7.91. The van der Waals surface area contributed by atoms with Gasteiger partial charge in [-0.25, -0.2) is 13.1 Å². The fraction of sp³-hybridized carbons (Fsp3) is 0.556. The summed E-state index contributed by atoms with van der Waals surface area (Å²) in [5, 5.41) is 8.58. The molecule has 0 spiro atoms. The maximum atomic E-state index is 12.6. The van der Waals surface area contributed by atoms with Crippen LogP contribution in [0.25, 0.3) is 0 Å². The lowest BCUT2D eigenvalue weighted by Gasteiger charge is -2.29. The van der Waals surface area contributed by atoms with Crippen LogP contribution in [0.2, 0.25) is 9.36 Å². The maximum absolute atomic E-state index is 12.6. The van der Waals surface area contributed by atoms with Crippen molar-refractivity contribution >= 4 is 44.6 Å². The summed E-state index contributed by atoms with van der Waals surface area (Å²) in [6.45, 7) is -1.73. The molecule has 0 bridgehead atoms. The van der Waals surface area contributed by atoms with Crippen LogP contribution < -0.4 is 4.72 Å². The second-order valence-electron chi connectivity index (χ2n) is 4.16. The van der Waals surface area contributed by atoms with Gasteiger partial charge in [-0.05, 0) is 6.07 Å². The van der Waals surface area contributed by atoms with Crippen molar-refractivity contribution in [1.82, 2.24) is 4.72 Å². The average molecular weight is 426 g/mol. The normalized spacial score (nSPS) is 15.2. The number of nitrogens with one attached hydrogen (secondary N) is 1. The SMILES string of the molecule is O=S(=O)(NC(CO)C(C(F)(F)F)C(F)(F)F)c1cc(Cl)c(Cl)s1. The smallest absolute Gasteiger partial charge is 0.395 e. The van der Waals surface area contributed by atoms with Crippen LogP contribution >= 0.6 is 34.5 Å². The monoisotopic (exact) mass is 425 g/mol. The first-order chi connectivity index (χ1) is 10.2. The van der Waals surface area contributed by atoms with Gasteiger partial charge in [-0.1, -0.05) is 23.2 Å². The van der Waals surface area contributed by atoms with Gasteiger partial charge in [0.2, 0.25) is 0 Å². The molecule has 0 fully saturated rings. The molecular weight excluding hydrogens is 419 g/mol. The molecule has 0 aliphatic carbocycles. The van der Waals surface area contributed by atoms with E-state index in [9.17, 15) is 34.8 Å². The summed E-state index contributed by atoms with van der Waals surface area (Å²) in [7, 11) is -4.80. The number of rotatable bonds is 5. The fourth-order valence-electron chi connectivity index (χ4n) is 1.57.